The highest BCUT2D eigenvalue weighted by molar-refractivity contribution is 7.99. The molecule has 1 fully saturated rings. The molecule has 0 radical (unpaired) electrons. The fourth-order valence-corrected chi connectivity index (χ4v) is 4.73. The molecule has 4 aromatic rings. The average molecular weight is 465 g/mol. The van der Waals surface area contributed by atoms with Crippen LogP contribution in [-0.4, -0.2) is 62.3 Å². The molecule has 10 nitrogen and oxygen atoms in total. The van der Waals surface area contributed by atoms with Gasteiger partial charge in [0.15, 0.2) is 5.16 Å². The average Bonchev–Trinajstić information content (AvgIpc) is 3.22. The molecule has 2 aromatic heterocycles. The van der Waals surface area contributed by atoms with E-state index in [4.69, 9.17) is 9.72 Å². The predicted molar refractivity (Wildman–Crippen MR) is 124 cm³/mol. The molecule has 0 bridgehead atoms. The first-order chi connectivity index (χ1) is 16.0. The minimum Gasteiger partial charge on any atom is -0.378 e. The van der Waals surface area contributed by atoms with E-state index < -0.39 is 4.92 Å². The highest BCUT2D eigenvalue weighted by atomic mass is 32.2. The van der Waals surface area contributed by atoms with E-state index in [1.807, 2.05) is 24.3 Å². The van der Waals surface area contributed by atoms with Gasteiger partial charge in [-0.15, -0.1) is 0 Å². The van der Waals surface area contributed by atoms with Crippen LogP contribution in [0.4, 0.5) is 5.69 Å². The molecule has 0 spiro atoms. The second-order valence-electron chi connectivity index (χ2n) is 7.48. The van der Waals surface area contributed by atoms with Gasteiger partial charge in [0, 0.05) is 36.1 Å². The molecule has 33 heavy (non-hydrogen) atoms. The van der Waals surface area contributed by atoms with Gasteiger partial charge in [-0.05, 0) is 18.2 Å². The van der Waals surface area contributed by atoms with Crippen LogP contribution in [0.1, 0.15) is 0 Å². The van der Waals surface area contributed by atoms with Gasteiger partial charge < -0.3 is 14.6 Å². The summed E-state index contributed by atoms with van der Waals surface area (Å²) < 4.78 is 6.69. The third-order valence-corrected chi connectivity index (χ3v) is 6.42. The number of aromatic amines is 1. The van der Waals surface area contributed by atoms with E-state index in [0.717, 1.165) is 10.9 Å². The molecule has 3 heterocycles. The largest absolute Gasteiger partial charge is 0.378 e. The van der Waals surface area contributed by atoms with Gasteiger partial charge in [-0.2, -0.15) is 0 Å². The molecule has 2 aromatic carbocycles. The zero-order chi connectivity index (χ0) is 22.9. The van der Waals surface area contributed by atoms with E-state index >= 15 is 0 Å². The quantitative estimate of drug-likeness (QED) is 0.208. The Balaban J connectivity index is 1.60. The topological polar surface area (TPSA) is 123 Å². The molecule has 1 aliphatic heterocycles. The number of amides is 1. The molecule has 1 saturated heterocycles. The van der Waals surface area contributed by atoms with E-state index in [9.17, 15) is 19.7 Å². The Morgan fingerprint density at radius 1 is 1.15 bits per heavy atom. The van der Waals surface area contributed by atoms with Crippen molar-refractivity contribution < 1.29 is 14.5 Å². The molecule has 1 N–H and O–H groups in total. The SMILES string of the molecule is O=C(CSc1nc2c([nH]c3ccccc32)c(=O)n1-c1ccc([N+](=O)[O-])cc1)N1CCOCC1. The van der Waals surface area contributed by atoms with Crippen molar-refractivity contribution in [2.24, 2.45) is 0 Å². The van der Waals surface area contributed by atoms with Crippen LogP contribution in [0.15, 0.2) is 58.5 Å². The number of nitro benzene ring substituents is 1. The lowest BCUT2D eigenvalue weighted by Crippen LogP contribution is -2.41. The van der Waals surface area contributed by atoms with Crippen molar-refractivity contribution in [1.82, 2.24) is 19.4 Å². The first-order valence-corrected chi connectivity index (χ1v) is 11.3. The maximum Gasteiger partial charge on any atom is 0.283 e. The molecule has 0 saturated carbocycles. The summed E-state index contributed by atoms with van der Waals surface area (Å²) in [6, 6.07) is 13.2. The summed E-state index contributed by atoms with van der Waals surface area (Å²) in [7, 11) is 0. The Labute approximate surface area is 191 Å². The van der Waals surface area contributed by atoms with Crippen LogP contribution in [0.5, 0.6) is 0 Å². The molecule has 168 valence electrons. The summed E-state index contributed by atoms with van der Waals surface area (Å²) in [6.07, 6.45) is 0. The van der Waals surface area contributed by atoms with Gasteiger partial charge in [-0.1, -0.05) is 30.0 Å². The maximum atomic E-state index is 13.5. The molecule has 5 rings (SSSR count). The van der Waals surface area contributed by atoms with Gasteiger partial charge in [0.2, 0.25) is 5.91 Å². The van der Waals surface area contributed by atoms with Crippen LogP contribution in [0, 0.1) is 10.1 Å². The summed E-state index contributed by atoms with van der Waals surface area (Å²) in [5, 5.41) is 12.2. The van der Waals surface area contributed by atoms with E-state index in [2.05, 4.69) is 4.98 Å². The third kappa shape index (κ3) is 3.96. The fourth-order valence-electron chi connectivity index (χ4n) is 3.82. The maximum absolute atomic E-state index is 13.5. The standard InChI is InChI=1S/C22H19N5O5S/c28-18(25-9-11-32-12-10-25)13-33-22-24-19-16-3-1-2-4-17(16)23-20(19)21(29)26(22)14-5-7-15(8-6-14)27(30)31/h1-8,23H,9-13H2. The normalized spacial score (nSPS) is 14.1. The van der Waals surface area contributed by atoms with Crippen molar-refractivity contribution in [3.63, 3.8) is 0 Å². The number of carbonyl (C=O) groups is 1. The van der Waals surface area contributed by atoms with Crippen molar-refractivity contribution in [3.8, 4) is 5.69 Å². The van der Waals surface area contributed by atoms with E-state index in [-0.39, 0.29) is 22.9 Å². The van der Waals surface area contributed by atoms with Crippen LogP contribution in [0.25, 0.3) is 27.6 Å². The molecule has 0 atom stereocenters. The van der Waals surface area contributed by atoms with Crippen molar-refractivity contribution in [1.29, 1.82) is 0 Å². The van der Waals surface area contributed by atoms with Gasteiger partial charge in [-0.25, -0.2) is 4.98 Å². The first-order valence-electron chi connectivity index (χ1n) is 10.3. The van der Waals surface area contributed by atoms with Crippen molar-refractivity contribution in [3.05, 3.63) is 69.0 Å². The first kappa shape index (κ1) is 21.2. The van der Waals surface area contributed by atoms with Gasteiger partial charge in [0.25, 0.3) is 11.2 Å². The molecule has 0 aliphatic carbocycles. The zero-order valence-corrected chi connectivity index (χ0v) is 18.2. The van der Waals surface area contributed by atoms with Crippen molar-refractivity contribution >= 4 is 45.3 Å². The molecule has 11 heteroatoms. The van der Waals surface area contributed by atoms with E-state index in [1.165, 1.54) is 40.6 Å². The number of aromatic nitrogens is 3. The summed E-state index contributed by atoms with van der Waals surface area (Å²) in [5.41, 5.74) is 1.64. The Morgan fingerprint density at radius 3 is 2.61 bits per heavy atom. The number of rotatable bonds is 5. The van der Waals surface area contributed by atoms with Crippen LogP contribution in [0.3, 0.4) is 0 Å². The number of ether oxygens (including phenoxy) is 1. The number of hydrogen-bond acceptors (Lipinski definition) is 7. The second kappa shape index (κ2) is 8.68. The number of carbonyl (C=O) groups excluding carboxylic acids is 1. The van der Waals surface area contributed by atoms with E-state index in [1.54, 1.807) is 4.90 Å². The highest BCUT2D eigenvalue weighted by Gasteiger charge is 2.21. The minimum atomic E-state index is -0.498. The van der Waals surface area contributed by atoms with Gasteiger partial charge in [0.05, 0.1) is 29.6 Å². The summed E-state index contributed by atoms with van der Waals surface area (Å²) in [4.78, 5) is 46.4. The van der Waals surface area contributed by atoms with Gasteiger partial charge in [-0.3, -0.25) is 24.3 Å². The Hall–Kier alpha value is -3.70. The number of fused-ring (bicyclic) bond motifs is 3. The number of nitro groups is 1. The number of thioether (sulfide) groups is 1. The zero-order valence-electron chi connectivity index (χ0n) is 17.4. The number of non-ortho nitro benzene ring substituents is 1. The van der Waals surface area contributed by atoms with Gasteiger partial charge in [0.1, 0.15) is 11.0 Å². The Bertz CT molecular complexity index is 1420. The second-order valence-corrected chi connectivity index (χ2v) is 8.43. The number of morpholine rings is 1. The smallest absolute Gasteiger partial charge is 0.283 e. The number of nitrogens with zero attached hydrogens (tertiary/aromatic N) is 4. The number of benzene rings is 2. The number of nitrogens with one attached hydrogen (secondary N) is 1. The monoisotopic (exact) mass is 465 g/mol. The number of para-hydroxylation sites is 1. The highest BCUT2D eigenvalue weighted by Crippen LogP contribution is 2.27. The van der Waals surface area contributed by atoms with Crippen molar-refractivity contribution in [2.75, 3.05) is 32.1 Å². The van der Waals surface area contributed by atoms with Crippen LogP contribution >= 0.6 is 11.8 Å². The lowest BCUT2D eigenvalue weighted by Gasteiger charge is -2.26. The summed E-state index contributed by atoms with van der Waals surface area (Å²) >= 11 is 1.17. The third-order valence-electron chi connectivity index (χ3n) is 5.50. The Kier molecular flexibility index (Phi) is 5.56. The Morgan fingerprint density at radius 2 is 1.88 bits per heavy atom. The predicted octanol–water partition coefficient (Wildman–Crippen LogP) is 2.73. The lowest BCUT2D eigenvalue weighted by atomic mass is 10.2. The molecular weight excluding hydrogens is 446 g/mol. The van der Waals surface area contributed by atoms with E-state index in [0.29, 0.717) is 48.2 Å². The van der Waals surface area contributed by atoms with Crippen molar-refractivity contribution in [2.45, 2.75) is 5.16 Å². The van der Waals surface area contributed by atoms with Crippen LogP contribution in [0.2, 0.25) is 0 Å². The molecule has 1 aliphatic rings. The molecular formula is C22H19N5O5S. The number of H-pyrrole nitrogens is 1. The summed E-state index contributed by atoms with van der Waals surface area (Å²) in [5.74, 6) is 0.0413. The molecule has 0 unspecified atom stereocenters. The minimum absolute atomic E-state index is 0.0631. The fraction of sp³-hybridized carbons (Fsp3) is 0.227. The van der Waals surface area contributed by atoms with Crippen LogP contribution in [-0.2, 0) is 9.53 Å². The number of hydrogen-bond donors (Lipinski definition) is 1. The lowest BCUT2D eigenvalue weighted by molar-refractivity contribution is -0.384. The molecule has 1 amide bonds. The van der Waals surface area contributed by atoms with Crippen LogP contribution < -0.4 is 5.56 Å². The van der Waals surface area contributed by atoms with Gasteiger partial charge >= 0.3 is 0 Å². The summed E-state index contributed by atoms with van der Waals surface area (Å²) in [6.45, 7) is 2.07.